The van der Waals surface area contributed by atoms with Gasteiger partial charge in [0.25, 0.3) is 10.0 Å². The van der Waals surface area contributed by atoms with E-state index in [1.54, 1.807) is 44.6 Å². The molecule has 7 nitrogen and oxygen atoms in total. The Balaban J connectivity index is 1.60. The number of ether oxygens (including phenoxy) is 2. The summed E-state index contributed by atoms with van der Waals surface area (Å²) in [6.45, 7) is 3.80. The Kier molecular flexibility index (Phi) is 7.88. The molecule has 0 fully saturated rings. The van der Waals surface area contributed by atoms with Crippen molar-refractivity contribution in [3.8, 4) is 11.5 Å². The quantitative estimate of drug-likeness (QED) is 0.420. The predicted molar refractivity (Wildman–Crippen MR) is 132 cm³/mol. The molecule has 0 aliphatic heterocycles. The summed E-state index contributed by atoms with van der Waals surface area (Å²) >= 11 is 1.35. The van der Waals surface area contributed by atoms with Crippen LogP contribution in [0.5, 0.6) is 11.5 Å². The van der Waals surface area contributed by atoms with E-state index in [2.05, 4.69) is 10.0 Å². The molecule has 0 saturated carbocycles. The Morgan fingerprint density at radius 2 is 1.61 bits per heavy atom. The van der Waals surface area contributed by atoms with Crippen LogP contribution in [0.1, 0.15) is 11.1 Å². The monoisotopic (exact) mass is 486 g/mol. The third-order valence-electron chi connectivity index (χ3n) is 4.80. The Labute approximate surface area is 198 Å². The van der Waals surface area contributed by atoms with Gasteiger partial charge >= 0.3 is 0 Å². The van der Waals surface area contributed by atoms with Crippen molar-refractivity contribution in [2.24, 2.45) is 0 Å². The van der Waals surface area contributed by atoms with Crippen LogP contribution in [-0.4, -0.2) is 34.3 Å². The summed E-state index contributed by atoms with van der Waals surface area (Å²) in [6.07, 6.45) is 0. The predicted octanol–water partition coefficient (Wildman–Crippen LogP) is 4.85. The third kappa shape index (κ3) is 6.43. The molecule has 0 unspecified atom stereocenters. The maximum absolute atomic E-state index is 12.7. The molecule has 174 valence electrons. The van der Waals surface area contributed by atoms with Crippen molar-refractivity contribution in [3.05, 3.63) is 71.8 Å². The van der Waals surface area contributed by atoms with Crippen molar-refractivity contribution in [2.45, 2.75) is 23.6 Å². The molecule has 0 aliphatic rings. The second kappa shape index (κ2) is 10.6. The molecular weight excluding hydrogens is 460 g/mol. The molecule has 0 heterocycles. The number of thioether (sulfide) groups is 1. The number of carbonyl (C=O) groups is 1. The number of carbonyl (C=O) groups excluding carboxylic acids is 1. The van der Waals surface area contributed by atoms with Gasteiger partial charge < -0.3 is 14.8 Å². The first-order chi connectivity index (χ1) is 15.7. The molecule has 33 heavy (non-hydrogen) atoms. The fourth-order valence-corrected chi connectivity index (χ4v) is 4.96. The second-order valence-corrected chi connectivity index (χ2v) is 10.0. The van der Waals surface area contributed by atoms with E-state index in [1.807, 2.05) is 32.0 Å². The van der Waals surface area contributed by atoms with Gasteiger partial charge in [0.2, 0.25) is 5.91 Å². The molecule has 0 saturated heterocycles. The molecular formula is C24H26N2O5S2. The SMILES string of the molecule is COc1ccc(SCC(=O)Nc2ccc(S(=O)(=O)Nc3ccc(C)cc3C)cc2)cc1OC. The number of hydrogen-bond donors (Lipinski definition) is 2. The molecule has 0 aromatic heterocycles. The lowest BCUT2D eigenvalue weighted by atomic mass is 10.1. The Morgan fingerprint density at radius 3 is 2.24 bits per heavy atom. The van der Waals surface area contributed by atoms with Gasteiger partial charge in [0, 0.05) is 10.6 Å². The molecule has 2 N–H and O–H groups in total. The van der Waals surface area contributed by atoms with Crippen molar-refractivity contribution in [3.63, 3.8) is 0 Å². The van der Waals surface area contributed by atoms with Gasteiger partial charge in [0.1, 0.15) is 0 Å². The minimum Gasteiger partial charge on any atom is -0.493 e. The largest absolute Gasteiger partial charge is 0.493 e. The fraction of sp³-hybridized carbons (Fsp3) is 0.208. The van der Waals surface area contributed by atoms with E-state index in [4.69, 9.17) is 9.47 Å². The summed E-state index contributed by atoms with van der Waals surface area (Å²) in [6, 6.07) is 17.0. The van der Waals surface area contributed by atoms with Crippen LogP contribution < -0.4 is 19.5 Å². The zero-order valence-corrected chi connectivity index (χ0v) is 20.5. The van der Waals surface area contributed by atoms with E-state index in [9.17, 15) is 13.2 Å². The zero-order chi connectivity index (χ0) is 24.0. The molecule has 9 heteroatoms. The highest BCUT2D eigenvalue weighted by molar-refractivity contribution is 8.00. The van der Waals surface area contributed by atoms with Crippen LogP contribution in [0.2, 0.25) is 0 Å². The van der Waals surface area contributed by atoms with Crippen LogP contribution in [-0.2, 0) is 14.8 Å². The lowest BCUT2D eigenvalue weighted by Crippen LogP contribution is -2.15. The minimum absolute atomic E-state index is 0.111. The number of anilines is 2. The number of rotatable bonds is 9. The number of methoxy groups -OCH3 is 2. The molecule has 3 aromatic rings. The third-order valence-corrected chi connectivity index (χ3v) is 7.17. The summed E-state index contributed by atoms with van der Waals surface area (Å²) in [7, 11) is -0.622. The van der Waals surface area contributed by atoms with Crippen molar-refractivity contribution in [1.29, 1.82) is 0 Å². The van der Waals surface area contributed by atoms with Gasteiger partial charge in [-0.25, -0.2) is 8.42 Å². The lowest BCUT2D eigenvalue weighted by Gasteiger charge is -2.12. The standard InChI is InChI=1S/C24H26N2O5S2/c1-16-5-11-21(17(2)13-16)26-33(28,29)20-9-6-18(7-10-20)25-24(27)15-32-19-8-12-22(30-3)23(14-19)31-4/h5-14,26H,15H2,1-4H3,(H,25,27). The van der Waals surface area contributed by atoms with Crippen LogP contribution in [0, 0.1) is 13.8 Å². The zero-order valence-electron chi connectivity index (χ0n) is 18.8. The summed E-state index contributed by atoms with van der Waals surface area (Å²) in [5.74, 6) is 1.19. The molecule has 0 aliphatic carbocycles. The van der Waals surface area contributed by atoms with Crippen molar-refractivity contribution in [1.82, 2.24) is 0 Å². The maximum atomic E-state index is 12.7. The summed E-state index contributed by atoms with van der Waals surface area (Å²) in [4.78, 5) is 13.3. The molecule has 0 atom stereocenters. The van der Waals surface area contributed by atoms with Crippen molar-refractivity contribution < 1.29 is 22.7 Å². The molecule has 0 radical (unpaired) electrons. The summed E-state index contributed by atoms with van der Waals surface area (Å²) in [5.41, 5.74) is 2.94. The van der Waals surface area contributed by atoms with Crippen LogP contribution in [0.4, 0.5) is 11.4 Å². The average Bonchev–Trinajstić information content (AvgIpc) is 2.79. The van der Waals surface area contributed by atoms with Crippen molar-refractivity contribution in [2.75, 3.05) is 30.0 Å². The smallest absolute Gasteiger partial charge is 0.261 e. The highest BCUT2D eigenvalue weighted by Crippen LogP contribution is 2.32. The van der Waals surface area contributed by atoms with Crippen LogP contribution >= 0.6 is 11.8 Å². The number of aryl methyl sites for hydroxylation is 2. The van der Waals surface area contributed by atoms with E-state index < -0.39 is 10.0 Å². The van der Waals surface area contributed by atoms with Crippen molar-refractivity contribution >= 4 is 39.1 Å². The Morgan fingerprint density at radius 1 is 0.909 bits per heavy atom. The number of sulfonamides is 1. The van der Waals surface area contributed by atoms with E-state index in [1.165, 1.54) is 23.9 Å². The van der Waals surface area contributed by atoms with Gasteiger partial charge in [-0.2, -0.15) is 0 Å². The first-order valence-electron chi connectivity index (χ1n) is 10.1. The minimum atomic E-state index is -3.74. The van der Waals surface area contributed by atoms with E-state index >= 15 is 0 Å². The van der Waals surface area contributed by atoms with Crippen LogP contribution in [0.3, 0.4) is 0 Å². The van der Waals surface area contributed by atoms with Gasteiger partial charge in [0.05, 0.1) is 30.6 Å². The second-order valence-electron chi connectivity index (χ2n) is 7.30. The van der Waals surface area contributed by atoms with Gasteiger partial charge in [-0.15, -0.1) is 11.8 Å². The normalized spacial score (nSPS) is 11.0. The maximum Gasteiger partial charge on any atom is 0.261 e. The van der Waals surface area contributed by atoms with E-state index in [0.717, 1.165) is 16.0 Å². The molecule has 3 aromatic carbocycles. The summed E-state index contributed by atoms with van der Waals surface area (Å²) < 4.78 is 38.5. The molecule has 3 rings (SSSR count). The first-order valence-corrected chi connectivity index (χ1v) is 12.5. The highest BCUT2D eigenvalue weighted by Gasteiger charge is 2.16. The van der Waals surface area contributed by atoms with Gasteiger partial charge in [0.15, 0.2) is 11.5 Å². The number of benzene rings is 3. The number of nitrogens with one attached hydrogen (secondary N) is 2. The topological polar surface area (TPSA) is 93.7 Å². The van der Waals surface area contributed by atoms with Gasteiger partial charge in [-0.05, 0) is 67.9 Å². The fourth-order valence-electron chi connectivity index (χ4n) is 3.10. The lowest BCUT2D eigenvalue weighted by molar-refractivity contribution is -0.113. The average molecular weight is 487 g/mol. The Hall–Kier alpha value is -3.17. The van der Waals surface area contributed by atoms with E-state index in [0.29, 0.717) is 22.9 Å². The van der Waals surface area contributed by atoms with Gasteiger partial charge in [-0.3, -0.25) is 9.52 Å². The number of hydrogen-bond acceptors (Lipinski definition) is 6. The first kappa shape index (κ1) is 24.5. The molecule has 1 amide bonds. The molecule has 0 bridgehead atoms. The van der Waals surface area contributed by atoms with Gasteiger partial charge in [-0.1, -0.05) is 17.7 Å². The molecule has 0 spiro atoms. The Bertz CT molecular complexity index is 1240. The number of amides is 1. The van der Waals surface area contributed by atoms with Crippen LogP contribution in [0.25, 0.3) is 0 Å². The summed E-state index contributed by atoms with van der Waals surface area (Å²) in [5, 5.41) is 2.78. The van der Waals surface area contributed by atoms with E-state index in [-0.39, 0.29) is 16.6 Å². The van der Waals surface area contributed by atoms with Crippen LogP contribution in [0.15, 0.2) is 70.5 Å². The highest BCUT2D eigenvalue weighted by atomic mass is 32.2.